The zero-order chi connectivity index (χ0) is 27.3. The van der Waals surface area contributed by atoms with Gasteiger partial charge in [0.1, 0.15) is 6.61 Å². The minimum Gasteiger partial charge on any atom is -0.396 e. The van der Waals surface area contributed by atoms with E-state index in [9.17, 15) is 18.0 Å². The SMILES string of the molecule is CC(=O)N1CCN(Cc2cnc(NC(=O)/C(=N/OCCCO)c3ccc(S(=O)(=O)C4CC4)cc3)s2)C[C@@H]1C.[HH]. The van der Waals surface area contributed by atoms with Gasteiger partial charge in [-0.25, -0.2) is 13.4 Å². The maximum Gasteiger partial charge on any atom is 0.280 e. The van der Waals surface area contributed by atoms with Crippen LogP contribution in [0.4, 0.5) is 5.13 Å². The number of oxime groups is 1. The standard InChI is InChI=1S/C25H33N5O6S2.H2/c1-17-15-29(10-11-30(17)18(2)32)16-20-14-26-25(37-20)27-24(33)23(28-36-13-3-12-31)19-4-6-21(7-5-19)38(34,35)22-8-9-22;/h4-7,14,17,22,31H,3,8-13,15-16H2,1-2H3,(H,26,27,33);1H/b28-23+;/t17-;/m0./s1. The molecular weight excluding hydrogens is 530 g/mol. The Labute approximate surface area is 227 Å². The van der Waals surface area contributed by atoms with Gasteiger partial charge in [0.25, 0.3) is 5.91 Å². The molecule has 2 N–H and O–H groups in total. The molecule has 2 fully saturated rings. The van der Waals surface area contributed by atoms with Crippen molar-refractivity contribution in [3.8, 4) is 0 Å². The Bertz CT molecular complexity index is 1280. The van der Waals surface area contributed by atoms with Crippen LogP contribution in [-0.2, 0) is 30.8 Å². The van der Waals surface area contributed by atoms with E-state index in [-0.39, 0.29) is 42.4 Å². The van der Waals surface area contributed by atoms with Gasteiger partial charge in [-0.15, -0.1) is 11.3 Å². The van der Waals surface area contributed by atoms with E-state index in [1.807, 2.05) is 11.8 Å². The molecule has 1 aliphatic carbocycles. The summed E-state index contributed by atoms with van der Waals surface area (Å²) in [6, 6.07) is 6.17. The summed E-state index contributed by atoms with van der Waals surface area (Å²) in [7, 11) is -3.35. The van der Waals surface area contributed by atoms with Crippen molar-refractivity contribution in [2.45, 2.75) is 55.8 Å². The Morgan fingerprint density at radius 3 is 2.63 bits per heavy atom. The lowest BCUT2D eigenvalue weighted by atomic mass is 10.1. The fourth-order valence-corrected chi connectivity index (χ4v) is 6.80. The topological polar surface area (TPSA) is 142 Å². The Morgan fingerprint density at radius 1 is 1.26 bits per heavy atom. The Morgan fingerprint density at radius 2 is 2.00 bits per heavy atom. The first-order chi connectivity index (χ1) is 18.2. The molecule has 0 bridgehead atoms. The maximum atomic E-state index is 13.1. The van der Waals surface area contributed by atoms with Gasteiger partial charge in [-0.3, -0.25) is 19.8 Å². The van der Waals surface area contributed by atoms with E-state index in [2.05, 4.69) is 20.4 Å². The average molecular weight is 566 g/mol. The second kappa shape index (κ2) is 12.3. The van der Waals surface area contributed by atoms with Gasteiger partial charge in [0.15, 0.2) is 20.7 Å². The van der Waals surface area contributed by atoms with Gasteiger partial charge >= 0.3 is 0 Å². The van der Waals surface area contributed by atoms with Crippen LogP contribution in [0.25, 0.3) is 0 Å². The van der Waals surface area contributed by atoms with Crippen LogP contribution in [-0.4, -0.2) is 90.0 Å². The monoisotopic (exact) mass is 565 g/mol. The summed E-state index contributed by atoms with van der Waals surface area (Å²) in [5.41, 5.74) is 0.375. The Kier molecular flexibility index (Phi) is 9.13. The molecule has 0 spiro atoms. The van der Waals surface area contributed by atoms with Crippen molar-refractivity contribution in [2.75, 3.05) is 38.2 Å². The number of aliphatic hydroxyl groups excluding tert-OH is 1. The van der Waals surface area contributed by atoms with Gasteiger partial charge in [-0.1, -0.05) is 17.3 Å². The third-order valence-electron chi connectivity index (χ3n) is 6.45. The molecular formula is C25H35N5O6S2. The second-order valence-electron chi connectivity index (χ2n) is 9.50. The van der Waals surface area contributed by atoms with Crippen molar-refractivity contribution in [1.82, 2.24) is 14.8 Å². The van der Waals surface area contributed by atoms with Crippen LogP contribution in [0, 0.1) is 0 Å². The molecule has 11 nitrogen and oxygen atoms in total. The number of sulfone groups is 1. The van der Waals surface area contributed by atoms with Crippen LogP contribution in [0.3, 0.4) is 0 Å². The van der Waals surface area contributed by atoms with Gasteiger partial charge in [-0.05, 0) is 31.9 Å². The van der Waals surface area contributed by atoms with Crippen LogP contribution in [0.15, 0.2) is 40.5 Å². The largest absolute Gasteiger partial charge is 0.396 e. The lowest BCUT2D eigenvalue weighted by Crippen LogP contribution is -2.52. The highest BCUT2D eigenvalue weighted by Gasteiger charge is 2.36. The molecule has 0 unspecified atom stereocenters. The van der Waals surface area contributed by atoms with Crippen molar-refractivity contribution in [1.29, 1.82) is 0 Å². The number of nitrogens with one attached hydrogen (secondary N) is 1. The summed E-state index contributed by atoms with van der Waals surface area (Å²) in [5.74, 6) is -0.465. The van der Waals surface area contributed by atoms with Crippen LogP contribution >= 0.6 is 11.3 Å². The molecule has 1 atom stereocenters. The number of piperazine rings is 1. The minimum atomic E-state index is -3.35. The average Bonchev–Trinajstić information content (AvgIpc) is 3.66. The summed E-state index contributed by atoms with van der Waals surface area (Å²) in [6.07, 6.45) is 3.41. The number of hydrogen-bond donors (Lipinski definition) is 2. The van der Waals surface area contributed by atoms with E-state index in [0.717, 1.165) is 18.0 Å². The van der Waals surface area contributed by atoms with Crippen LogP contribution in [0.2, 0.25) is 0 Å². The number of carbonyl (C=O) groups is 2. The third-order valence-corrected chi connectivity index (χ3v) is 9.63. The number of benzene rings is 1. The van der Waals surface area contributed by atoms with Crippen molar-refractivity contribution in [2.24, 2.45) is 5.16 Å². The fourth-order valence-electron chi connectivity index (χ4n) is 4.30. The normalized spacial score (nSPS) is 18.9. The highest BCUT2D eigenvalue weighted by atomic mass is 32.2. The van der Waals surface area contributed by atoms with Crippen molar-refractivity contribution >= 4 is 43.8 Å². The third kappa shape index (κ3) is 6.95. The summed E-state index contributed by atoms with van der Waals surface area (Å²) in [5, 5.41) is 15.8. The van der Waals surface area contributed by atoms with Gasteiger partial charge in [-0.2, -0.15) is 0 Å². The molecule has 2 aliphatic rings. The number of nitrogens with zero attached hydrogens (tertiary/aromatic N) is 4. The second-order valence-corrected chi connectivity index (χ2v) is 12.8. The van der Waals surface area contributed by atoms with Crippen LogP contribution in [0.1, 0.15) is 45.0 Å². The summed E-state index contributed by atoms with van der Waals surface area (Å²) in [6.45, 7) is 6.52. The highest BCUT2D eigenvalue weighted by molar-refractivity contribution is 7.92. The summed E-state index contributed by atoms with van der Waals surface area (Å²) >= 11 is 1.35. The van der Waals surface area contributed by atoms with Crippen LogP contribution in [0.5, 0.6) is 0 Å². The van der Waals surface area contributed by atoms with Gasteiger partial charge in [0.05, 0.1) is 10.1 Å². The molecule has 2 amide bonds. The number of thiazole rings is 1. The molecule has 0 radical (unpaired) electrons. The molecule has 1 saturated heterocycles. The van der Waals surface area contributed by atoms with E-state index in [1.54, 1.807) is 13.1 Å². The van der Waals surface area contributed by atoms with Crippen molar-refractivity contribution in [3.05, 3.63) is 40.9 Å². The molecule has 1 aromatic heterocycles. The quantitative estimate of drug-likeness (QED) is 0.240. The molecule has 1 aliphatic heterocycles. The molecule has 38 heavy (non-hydrogen) atoms. The van der Waals surface area contributed by atoms with E-state index in [4.69, 9.17) is 9.94 Å². The highest BCUT2D eigenvalue weighted by Crippen LogP contribution is 2.33. The lowest BCUT2D eigenvalue weighted by Gasteiger charge is -2.39. The van der Waals surface area contributed by atoms with E-state index in [1.165, 1.54) is 35.6 Å². The molecule has 1 aromatic carbocycles. The summed E-state index contributed by atoms with van der Waals surface area (Å²) in [4.78, 5) is 39.7. The zero-order valence-corrected chi connectivity index (χ0v) is 23.1. The van der Waals surface area contributed by atoms with Crippen molar-refractivity contribution < 1.29 is 29.4 Å². The maximum absolute atomic E-state index is 13.1. The minimum absolute atomic E-state index is 0. The summed E-state index contributed by atoms with van der Waals surface area (Å²) < 4.78 is 25.0. The smallest absolute Gasteiger partial charge is 0.280 e. The van der Waals surface area contributed by atoms with Gasteiger partial charge < -0.3 is 14.8 Å². The van der Waals surface area contributed by atoms with Gasteiger partial charge in [0.2, 0.25) is 5.91 Å². The van der Waals surface area contributed by atoms with E-state index >= 15 is 0 Å². The predicted octanol–water partition coefficient (Wildman–Crippen LogP) is 2.12. The Hall–Kier alpha value is -2.87. The number of aliphatic hydroxyl groups is 1. The Balaban J connectivity index is 0.00000420. The number of aromatic nitrogens is 1. The first-order valence-corrected chi connectivity index (χ1v) is 15.0. The van der Waals surface area contributed by atoms with Gasteiger partial charge in [0, 0.05) is 70.2 Å². The first kappa shape index (κ1) is 28.1. The molecule has 1 saturated carbocycles. The molecule has 2 heterocycles. The number of carbonyl (C=O) groups excluding carboxylic acids is 2. The number of amides is 2. The number of rotatable bonds is 11. The fraction of sp³-hybridized carbons (Fsp3) is 0.520. The molecule has 13 heteroatoms. The van der Waals surface area contributed by atoms with Crippen molar-refractivity contribution in [3.63, 3.8) is 0 Å². The van der Waals surface area contributed by atoms with E-state index < -0.39 is 15.7 Å². The van der Waals surface area contributed by atoms with E-state index in [0.29, 0.717) is 43.0 Å². The predicted molar refractivity (Wildman–Crippen MR) is 146 cm³/mol. The first-order valence-electron chi connectivity index (χ1n) is 12.6. The molecule has 2 aromatic rings. The number of anilines is 1. The van der Waals surface area contributed by atoms with Crippen LogP contribution < -0.4 is 5.32 Å². The zero-order valence-electron chi connectivity index (χ0n) is 21.5. The molecule has 4 rings (SSSR count). The molecule has 208 valence electrons. The number of hydrogen-bond acceptors (Lipinski definition) is 10. The lowest BCUT2D eigenvalue weighted by molar-refractivity contribution is -0.133.